The zero-order valence-electron chi connectivity index (χ0n) is 18.1. The number of thioether (sulfide) groups is 1. The van der Waals surface area contributed by atoms with Gasteiger partial charge in [-0.25, -0.2) is 4.68 Å². The molecule has 0 aliphatic carbocycles. The maximum atomic E-state index is 13.9. The first-order valence-electron chi connectivity index (χ1n) is 11.0. The molecule has 0 spiro atoms. The Kier molecular flexibility index (Phi) is 5.86. The van der Waals surface area contributed by atoms with Gasteiger partial charge < -0.3 is 10.3 Å². The number of carbonyl (C=O) groups is 1. The molecule has 2 aliphatic rings. The number of rotatable bonds is 3. The number of benzene rings is 2. The lowest BCUT2D eigenvalue weighted by molar-refractivity contribution is -0.137. The van der Waals surface area contributed by atoms with E-state index in [-0.39, 0.29) is 29.3 Å². The number of aromatic nitrogens is 3. The van der Waals surface area contributed by atoms with Gasteiger partial charge in [-0.15, -0.1) is 10.2 Å². The van der Waals surface area contributed by atoms with E-state index in [1.165, 1.54) is 11.8 Å². The summed E-state index contributed by atoms with van der Waals surface area (Å²) in [7, 11) is 0. The number of carbonyl (C=O) groups excluding carboxylic acids is 1. The molecule has 1 amide bonds. The molecular formula is C24H26ClN5OS. The van der Waals surface area contributed by atoms with Crippen molar-refractivity contribution >= 4 is 29.3 Å². The molecule has 3 heterocycles. The largest absolute Gasteiger partial charge is 0.336 e. The topological polar surface area (TPSA) is 63.1 Å². The number of hydrogen-bond acceptors (Lipinski definition) is 5. The number of nitrogens with one attached hydrogen (secondary N) is 1. The third kappa shape index (κ3) is 3.88. The van der Waals surface area contributed by atoms with E-state index in [1.54, 1.807) is 0 Å². The highest BCUT2D eigenvalue weighted by atomic mass is 35.5. The Morgan fingerprint density at radius 1 is 1.03 bits per heavy atom. The second kappa shape index (κ2) is 8.79. The van der Waals surface area contributed by atoms with Gasteiger partial charge in [-0.05, 0) is 50.8 Å². The molecule has 4 atom stereocenters. The molecule has 0 saturated carbocycles. The molecule has 32 heavy (non-hydrogen) atoms. The highest BCUT2D eigenvalue weighted by Crippen LogP contribution is 2.40. The van der Waals surface area contributed by atoms with Gasteiger partial charge in [-0.1, -0.05) is 65.8 Å². The third-order valence-electron chi connectivity index (χ3n) is 6.39. The maximum Gasteiger partial charge on any atom is 0.239 e. The number of likely N-dealkylation sites (tertiary alicyclic amines) is 1. The number of fused-ring (bicyclic) bond motifs is 1. The molecular weight excluding hydrogens is 442 g/mol. The second-order valence-corrected chi connectivity index (χ2v) is 10.1. The first kappa shape index (κ1) is 21.3. The van der Waals surface area contributed by atoms with Crippen molar-refractivity contribution < 1.29 is 4.79 Å². The molecule has 1 saturated heterocycles. The van der Waals surface area contributed by atoms with Crippen LogP contribution in [0.4, 0.5) is 0 Å². The highest BCUT2D eigenvalue weighted by molar-refractivity contribution is 8.00. The minimum absolute atomic E-state index is 0.151. The smallest absolute Gasteiger partial charge is 0.239 e. The van der Waals surface area contributed by atoms with Gasteiger partial charge in [0, 0.05) is 22.7 Å². The van der Waals surface area contributed by atoms with E-state index >= 15 is 0 Å². The van der Waals surface area contributed by atoms with Gasteiger partial charge >= 0.3 is 0 Å². The average molecular weight is 468 g/mol. The van der Waals surface area contributed by atoms with E-state index in [0.29, 0.717) is 10.2 Å². The Morgan fingerprint density at radius 3 is 2.41 bits per heavy atom. The van der Waals surface area contributed by atoms with Crippen molar-refractivity contribution in [2.24, 2.45) is 0 Å². The van der Waals surface area contributed by atoms with Crippen LogP contribution in [-0.2, 0) is 4.79 Å². The van der Waals surface area contributed by atoms with E-state index in [1.807, 2.05) is 59.3 Å². The van der Waals surface area contributed by atoms with Crippen molar-refractivity contribution in [1.29, 1.82) is 0 Å². The summed E-state index contributed by atoms with van der Waals surface area (Å²) in [6.07, 6.45) is 3.25. The van der Waals surface area contributed by atoms with Gasteiger partial charge in [-0.3, -0.25) is 4.79 Å². The fourth-order valence-corrected chi connectivity index (χ4v) is 6.00. The minimum Gasteiger partial charge on any atom is -0.336 e. The van der Waals surface area contributed by atoms with Crippen molar-refractivity contribution in [3.8, 4) is 11.4 Å². The third-order valence-corrected chi connectivity index (χ3v) is 7.84. The molecule has 1 N–H and O–H groups in total. The first-order chi connectivity index (χ1) is 15.5. The molecule has 0 unspecified atom stereocenters. The summed E-state index contributed by atoms with van der Waals surface area (Å²) in [5.74, 6) is 0.885. The Hall–Kier alpha value is -2.51. The summed E-state index contributed by atoms with van der Waals surface area (Å²) in [5, 5.41) is 9.87. The summed E-state index contributed by atoms with van der Waals surface area (Å²) in [4.78, 5) is 16.0. The quantitative estimate of drug-likeness (QED) is 0.577. The van der Waals surface area contributed by atoms with Crippen LogP contribution >= 0.6 is 23.4 Å². The summed E-state index contributed by atoms with van der Waals surface area (Å²) in [5.41, 5.74) is 5.54. The number of hydrogen-bond donors (Lipinski definition) is 1. The fraction of sp³-hybridized carbons (Fsp3) is 0.375. The van der Waals surface area contributed by atoms with Crippen molar-refractivity contribution in [1.82, 2.24) is 19.8 Å². The Bertz CT molecular complexity index is 1090. The van der Waals surface area contributed by atoms with Crippen LogP contribution < -0.4 is 5.43 Å². The Balaban J connectivity index is 1.54. The lowest BCUT2D eigenvalue weighted by atomic mass is 9.95. The summed E-state index contributed by atoms with van der Waals surface area (Å²) in [6, 6.07) is 17.9. The summed E-state index contributed by atoms with van der Waals surface area (Å²) < 4.78 is 1.91. The lowest BCUT2D eigenvalue weighted by Crippen LogP contribution is -2.53. The zero-order chi connectivity index (χ0) is 22.2. The first-order valence-corrected chi connectivity index (χ1v) is 12.3. The van der Waals surface area contributed by atoms with Crippen molar-refractivity contribution in [2.45, 2.75) is 61.6 Å². The summed E-state index contributed by atoms with van der Waals surface area (Å²) >= 11 is 7.64. The standard InChI is InChI=1S/C24H26ClN5OS/c1-15-7-6-8-16(2)29(15)23(31)21-20(17-11-13-19(25)14-12-17)28-30-22(26-27-24(30)32-21)18-9-4-3-5-10-18/h3-5,9-16,20-21,28H,6-8H2,1-2H3/t15-,16+,20-,21+/m0/s1. The fourth-order valence-electron chi connectivity index (χ4n) is 4.74. The zero-order valence-corrected chi connectivity index (χ0v) is 19.7. The molecule has 3 aromatic rings. The molecule has 1 aromatic heterocycles. The molecule has 5 rings (SSSR count). The highest BCUT2D eigenvalue weighted by Gasteiger charge is 2.42. The lowest BCUT2D eigenvalue weighted by Gasteiger charge is -2.43. The number of nitrogens with zero attached hydrogens (tertiary/aromatic N) is 4. The van der Waals surface area contributed by atoms with Gasteiger partial charge in [-0.2, -0.15) is 0 Å². The van der Waals surface area contributed by atoms with Gasteiger partial charge in [0.2, 0.25) is 11.1 Å². The van der Waals surface area contributed by atoms with E-state index in [9.17, 15) is 4.79 Å². The molecule has 0 bridgehead atoms. The Morgan fingerprint density at radius 2 is 1.72 bits per heavy atom. The van der Waals surface area contributed by atoms with Crippen molar-refractivity contribution in [3.63, 3.8) is 0 Å². The average Bonchev–Trinajstić information content (AvgIpc) is 3.22. The van der Waals surface area contributed by atoms with Gasteiger partial charge in [0.15, 0.2) is 5.82 Å². The van der Waals surface area contributed by atoms with Crippen LogP contribution in [0.15, 0.2) is 59.8 Å². The summed E-state index contributed by atoms with van der Waals surface area (Å²) in [6.45, 7) is 4.31. The van der Waals surface area contributed by atoms with Gasteiger partial charge in [0.1, 0.15) is 5.25 Å². The molecule has 0 radical (unpaired) electrons. The molecule has 2 aliphatic heterocycles. The van der Waals surface area contributed by atoms with Crippen LogP contribution in [0.1, 0.15) is 44.7 Å². The Labute approximate surface area is 197 Å². The van der Waals surface area contributed by atoms with E-state index in [0.717, 1.165) is 36.2 Å². The van der Waals surface area contributed by atoms with Crippen molar-refractivity contribution in [3.05, 3.63) is 65.2 Å². The monoisotopic (exact) mass is 467 g/mol. The molecule has 2 aromatic carbocycles. The molecule has 6 nitrogen and oxygen atoms in total. The predicted octanol–water partition coefficient (Wildman–Crippen LogP) is 5.15. The number of halogens is 1. The van der Waals surface area contributed by atoms with Crippen molar-refractivity contribution in [2.75, 3.05) is 5.43 Å². The van der Waals surface area contributed by atoms with Crippen LogP contribution in [0.3, 0.4) is 0 Å². The number of amides is 1. The van der Waals surface area contributed by atoms with Crippen LogP contribution in [0.5, 0.6) is 0 Å². The van der Waals surface area contributed by atoms with Crippen LogP contribution in [0.2, 0.25) is 5.02 Å². The minimum atomic E-state index is -0.348. The molecule has 8 heteroatoms. The molecule has 1 fully saturated rings. The normalized spacial score (nSPS) is 25.2. The van der Waals surface area contributed by atoms with Crippen LogP contribution in [0, 0.1) is 0 Å². The SMILES string of the molecule is C[C@@H]1CCC[C@H](C)N1C(=O)[C@@H]1Sc2nnc(-c3ccccc3)n2N[C@H]1c1ccc(Cl)cc1. The molecule has 166 valence electrons. The van der Waals surface area contributed by atoms with Crippen LogP contribution in [-0.4, -0.2) is 43.0 Å². The van der Waals surface area contributed by atoms with E-state index < -0.39 is 0 Å². The van der Waals surface area contributed by atoms with E-state index in [2.05, 4.69) is 34.4 Å². The van der Waals surface area contributed by atoms with E-state index in [4.69, 9.17) is 11.6 Å². The van der Waals surface area contributed by atoms with Gasteiger partial charge in [0.25, 0.3) is 0 Å². The number of piperidine rings is 1. The maximum absolute atomic E-state index is 13.9. The second-order valence-electron chi connectivity index (χ2n) is 8.58. The predicted molar refractivity (Wildman–Crippen MR) is 128 cm³/mol. The van der Waals surface area contributed by atoms with Crippen LogP contribution in [0.25, 0.3) is 11.4 Å². The van der Waals surface area contributed by atoms with Gasteiger partial charge in [0.05, 0.1) is 6.04 Å².